The van der Waals surface area contributed by atoms with Crippen LogP contribution >= 0.6 is 0 Å². The van der Waals surface area contributed by atoms with Crippen molar-refractivity contribution in [3.63, 3.8) is 0 Å². The van der Waals surface area contributed by atoms with E-state index in [-0.39, 0.29) is 11.6 Å². The topological polar surface area (TPSA) is 64.1 Å². The van der Waals surface area contributed by atoms with Crippen LogP contribution in [0.25, 0.3) is 0 Å². The molecule has 5 nitrogen and oxygen atoms in total. The third-order valence-corrected chi connectivity index (χ3v) is 2.92. The van der Waals surface area contributed by atoms with Crippen molar-refractivity contribution in [3.05, 3.63) is 47.7 Å². The molecule has 1 heterocycles. The molecule has 0 spiro atoms. The Bertz CT molecular complexity index is 577. The summed E-state index contributed by atoms with van der Waals surface area (Å²) in [7, 11) is 1.50. The highest BCUT2D eigenvalue weighted by molar-refractivity contribution is 6.02. The van der Waals surface area contributed by atoms with E-state index in [9.17, 15) is 4.79 Å². The van der Waals surface area contributed by atoms with Gasteiger partial charge in [0.25, 0.3) is 5.91 Å². The zero-order chi connectivity index (χ0) is 14.5. The van der Waals surface area contributed by atoms with Gasteiger partial charge in [-0.25, -0.2) is 0 Å². The molecule has 0 fully saturated rings. The van der Waals surface area contributed by atoms with E-state index in [1.807, 2.05) is 24.3 Å². The van der Waals surface area contributed by atoms with Crippen LogP contribution in [0.3, 0.4) is 0 Å². The van der Waals surface area contributed by atoms with Crippen molar-refractivity contribution in [1.29, 1.82) is 0 Å². The van der Waals surface area contributed by atoms with Crippen molar-refractivity contribution in [1.82, 2.24) is 10.2 Å². The van der Waals surface area contributed by atoms with E-state index >= 15 is 0 Å². The molecule has 0 saturated carbocycles. The van der Waals surface area contributed by atoms with E-state index in [2.05, 4.69) is 29.4 Å². The number of methoxy groups -OCH3 is 1. The number of hydrogen-bond acceptors (Lipinski definition) is 4. The number of amides is 1. The lowest BCUT2D eigenvalue weighted by Crippen LogP contribution is -2.14. The number of aromatic nitrogens is 2. The van der Waals surface area contributed by atoms with Crippen molar-refractivity contribution in [3.8, 4) is 5.88 Å². The number of carbonyl (C=O) groups excluding carboxylic acids is 1. The second-order valence-corrected chi connectivity index (χ2v) is 4.69. The summed E-state index contributed by atoms with van der Waals surface area (Å²) in [6.07, 6.45) is 0. The fourth-order valence-electron chi connectivity index (χ4n) is 1.70. The Morgan fingerprint density at radius 1 is 1.10 bits per heavy atom. The van der Waals surface area contributed by atoms with Gasteiger partial charge >= 0.3 is 0 Å². The summed E-state index contributed by atoms with van der Waals surface area (Å²) in [5, 5.41) is 10.3. The fourth-order valence-corrected chi connectivity index (χ4v) is 1.70. The quantitative estimate of drug-likeness (QED) is 0.928. The molecule has 1 N–H and O–H groups in total. The molecule has 2 aromatic rings. The maximum atomic E-state index is 12.0. The smallest absolute Gasteiger partial charge is 0.276 e. The summed E-state index contributed by atoms with van der Waals surface area (Å²) in [6.45, 7) is 4.25. The van der Waals surface area contributed by atoms with Crippen LogP contribution in [0.4, 0.5) is 5.69 Å². The van der Waals surface area contributed by atoms with Crippen LogP contribution in [0.15, 0.2) is 36.4 Å². The number of carbonyl (C=O) groups is 1. The number of anilines is 1. The molecular formula is C15H17N3O2. The predicted octanol–water partition coefficient (Wildman–Crippen LogP) is 2.86. The molecule has 2 rings (SSSR count). The Labute approximate surface area is 118 Å². The van der Waals surface area contributed by atoms with Crippen LogP contribution in [0.2, 0.25) is 0 Å². The van der Waals surface area contributed by atoms with Crippen LogP contribution < -0.4 is 10.1 Å². The first kappa shape index (κ1) is 14.0. The largest absolute Gasteiger partial charge is 0.480 e. The van der Waals surface area contributed by atoms with E-state index in [0.29, 0.717) is 11.8 Å². The Morgan fingerprint density at radius 3 is 2.30 bits per heavy atom. The molecule has 1 amide bonds. The molecule has 0 unspecified atom stereocenters. The average Bonchev–Trinajstić information content (AvgIpc) is 2.48. The standard InChI is InChI=1S/C15H17N3O2/c1-10(2)11-4-6-12(7-5-11)16-15(19)13-8-9-14(20-3)18-17-13/h4-10H,1-3H3,(H,16,19). The number of nitrogens with one attached hydrogen (secondary N) is 1. The van der Waals surface area contributed by atoms with E-state index < -0.39 is 0 Å². The lowest BCUT2D eigenvalue weighted by molar-refractivity contribution is 0.102. The molecule has 0 atom stereocenters. The average molecular weight is 271 g/mol. The van der Waals surface area contributed by atoms with Gasteiger partial charge in [0, 0.05) is 11.8 Å². The van der Waals surface area contributed by atoms with Crippen LogP contribution in [0.1, 0.15) is 35.8 Å². The van der Waals surface area contributed by atoms with Crippen LogP contribution in [0, 0.1) is 0 Å². The monoisotopic (exact) mass is 271 g/mol. The minimum absolute atomic E-state index is 0.249. The Kier molecular flexibility index (Phi) is 4.30. The maximum Gasteiger partial charge on any atom is 0.276 e. The first-order chi connectivity index (χ1) is 9.60. The third-order valence-electron chi connectivity index (χ3n) is 2.92. The van der Waals surface area contributed by atoms with E-state index in [1.54, 1.807) is 12.1 Å². The first-order valence-corrected chi connectivity index (χ1v) is 6.39. The minimum Gasteiger partial charge on any atom is -0.480 e. The van der Waals surface area contributed by atoms with E-state index in [0.717, 1.165) is 5.69 Å². The Balaban J connectivity index is 2.06. The number of hydrogen-bond donors (Lipinski definition) is 1. The van der Waals surface area contributed by atoms with Gasteiger partial charge in [0.2, 0.25) is 5.88 Å². The molecule has 1 aromatic carbocycles. The van der Waals surface area contributed by atoms with Crippen molar-refractivity contribution in [2.24, 2.45) is 0 Å². The summed E-state index contributed by atoms with van der Waals surface area (Å²) in [5.41, 5.74) is 2.21. The highest BCUT2D eigenvalue weighted by Crippen LogP contribution is 2.17. The zero-order valence-electron chi connectivity index (χ0n) is 11.8. The van der Waals surface area contributed by atoms with Crippen molar-refractivity contribution >= 4 is 11.6 Å². The van der Waals surface area contributed by atoms with Crippen molar-refractivity contribution in [2.75, 3.05) is 12.4 Å². The molecule has 0 aliphatic rings. The molecule has 0 bridgehead atoms. The maximum absolute atomic E-state index is 12.0. The lowest BCUT2D eigenvalue weighted by atomic mass is 10.0. The van der Waals surface area contributed by atoms with Crippen LogP contribution in [-0.4, -0.2) is 23.2 Å². The summed E-state index contributed by atoms with van der Waals surface area (Å²) >= 11 is 0. The highest BCUT2D eigenvalue weighted by Gasteiger charge is 2.09. The highest BCUT2D eigenvalue weighted by atomic mass is 16.5. The summed E-state index contributed by atoms with van der Waals surface area (Å²) in [4.78, 5) is 12.0. The molecule has 0 aliphatic carbocycles. The van der Waals surface area contributed by atoms with E-state index in [4.69, 9.17) is 4.74 Å². The molecule has 0 aliphatic heterocycles. The van der Waals surface area contributed by atoms with Gasteiger partial charge in [0.15, 0.2) is 5.69 Å². The molecule has 104 valence electrons. The third kappa shape index (κ3) is 3.32. The SMILES string of the molecule is COc1ccc(C(=O)Nc2ccc(C(C)C)cc2)nn1. The fraction of sp³-hybridized carbons (Fsp3) is 0.267. The van der Waals surface area contributed by atoms with Gasteiger partial charge in [-0.2, -0.15) is 0 Å². The van der Waals surface area contributed by atoms with Crippen molar-refractivity contribution < 1.29 is 9.53 Å². The van der Waals surface area contributed by atoms with Gasteiger partial charge < -0.3 is 10.1 Å². The summed E-state index contributed by atoms with van der Waals surface area (Å²) in [5.74, 6) is 0.549. The normalized spacial score (nSPS) is 10.4. The second kappa shape index (κ2) is 6.14. The summed E-state index contributed by atoms with van der Waals surface area (Å²) < 4.78 is 4.90. The molecule has 20 heavy (non-hydrogen) atoms. The van der Waals surface area contributed by atoms with Crippen LogP contribution in [-0.2, 0) is 0 Å². The number of ether oxygens (including phenoxy) is 1. The molecule has 0 saturated heterocycles. The predicted molar refractivity (Wildman–Crippen MR) is 77.1 cm³/mol. The zero-order valence-corrected chi connectivity index (χ0v) is 11.8. The van der Waals surface area contributed by atoms with Gasteiger partial charge in [-0.1, -0.05) is 26.0 Å². The lowest BCUT2D eigenvalue weighted by Gasteiger charge is -2.08. The van der Waals surface area contributed by atoms with Crippen LogP contribution in [0.5, 0.6) is 5.88 Å². The number of benzene rings is 1. The minimum atomic E-state index is -0.294. The van der Waals surface area contributed by atoms with Crippen molar-refractivity contribution in [2.45, 2.75) is 19.8 Å². The van der Waals surface area contributed by atoms with Gasteiger partial charge in [-0.05, 0) is 29.7 Å². The number of nitrogens with zero attached hydrogens (tertiary/aromatic N) is 2. The van der Waals surface area contributed by atoms with Gasteiger partial charge in [0.05, 0.1) is 7.11 Å². The second-order valence-electron chi connectivity index (χ2n) is 4.69. The van der Waals surface area contributed by atoms with Gasteiger partial charge in [-0.3, -0.25) is 4.79 Å². The molecule has 5 heteroatoms. The summed E-state index contributed by atoms with van der Waals surface area (Å²) in [6, 6.07) is 10.9. The first-order valence-electron chi connectivity index (χ1n) is 6.39. The number of rotatable bonds is 4. The molecule has 1 aromatic heterocycles. The van der Waals surface area contributed by atoms with Gasteiger partial charge in [0.1, 0.15) is 0 Å². The molecule has 0 radical (unpaired) electrons. The Morgan fingerprint density at radius 2 is 1.80 bits per heavy atom. The molecular weight excluding hydrogens is 254 g/mol. The van der Waals surface area contributed by atoms with E-state index in [1.165, 1.54) is 12.7 Å². The van der Waals surface area contributed by atoms with Gasteiger partial charge in [-0.15, -0.1) is 10.2 Å². The Hall–Kier alpha value is -2.43.